The molecule has 0 aliphatic heterocycles. The maximum absolute atomic E-state index is 3.64. The van der Waals surface area contributed by atoms with E-state index in [-0.39, 0.29) is 55.0 Å². The molecule has 0 radical (unpaired) electrons. The van der Waals surface area contributed by atoms with Gasteiger partial charge in [-0.25, -0.2) is 0 Å². The van der Waals surface area contributed by atoms with Gasteiger partial charge in [-0.15, -0.1) is 0 Å². The van der Waals surface area contributed by atoms with Crippen LogP contribution in [0.4, 0.5) is 0 Å². The Balaban J connectivity index is -0.0000000460. The van der Waals surface area contributed by atoms with E-state index < -0.39 is 0 Å². The first-order valence-corrected chi connectivity index (χ1v) is 12.4. The monoisotopic (exact) mass is 564 g/mol. The van der Waals surface area contributed by atoms with Crippen molar-refractivity contribution in [3.8, 4) is 0 Å². The molecule has 1 heteroatoms. The molecule has 1 aromatic carbocycles. The number of rotatable bonds is 5. The van der Waals surface area contributed by atoms with Gasteiger partial charge < -0.3 is 22.3 Å². The Hall–Kier alpha value is -0.456. The Kier molecular flexibility index (Phi) is 56.3. The summed E-state index contributed by atoms with van der Waals surface area (Å²) >= 11 is 0. The van der Waals surface area contributed by atoms with Gasteiger partial charge in [-0.2, -0.15) is 0 Å². The maximum atomic E-state index is 3.64. The Bertz CT molecular complexity index is 549. The van der Waals surface area contributed by atoms with Crippen LogP contribution in [0.25, 0.3) is 0 Å². The summed E-state index contributed by atoms with van der Waals surface area (Å²) in [6.07, 6.45) is 8.58. The van der Waals surface area contributed by atoms with Crippen molar-refractivity contribution in [3.63, 3.8) is 0 Å². The zero-order chi connectivity index (χ0) is 25.6. The number of allylic oxidation sites excluding steroid dienone is 5. The smallest absolute Gasteiger partial charge is 0.358 e. The number of aryl methyl sites for hydroxylation is 3. The molecular formula is C34H67Y. The molecule has 0 spiro atoms. The molecule has 1 aromatic rings. The van der Waals surface area contributed by atoms with Crippen molar-refractivity contribution in [1.29, 1.82) is 0 Å². The minimum absolute atomic E-state index is 0. The second-order valence-electron chi connectivity index (χ2n) is 8.68. The molecule has 0 fully saturated rings. The molecule has 0 aliphatic rings. The Morgan fingerprint density at radius 1 is 0.800 bits per heavy atom. The normalized spacial score (nSPS) is 9.63. The molecule has 0 heterocycles. The average Bonchev–Trinajstić information content (AvgIpc) is 2.74. The summed E-state index contributed by atoms with van der Waals surface area (Å²) in [5.41, 5.74) is 7.13. The van der Waals surface area contributed by atoms with E-state index in [1.165, 1.54) is 40.7 Å². The van der Waals surface area contributed by atoms with Crippen LogP contribution in [0.3, 0.4) is 0 Å². The molecule has 0 nitrogen and oxygen atoms in total. The topological polar surface area (TPSA) is 0 Å². The Labute approximate surface area is 252 Å². The molecule has 206 valence electrons. The van der Waals surface area contributed by atoms with Gasteiger partial charge in [0, 0.05) is 0 Å². The van der Waals surface area contributed by atoms with Crippen LogP contribution in [0.2, 0.25) is 0 Å². The van der Waals surface area contributed by atoms with Crippen LogP contribution in [-0.2, 0) is 32.7 Å². The van der Waals surface area contributed by atoms with Crippen molar-refractivity contribution >= 4 is 0 Å². The van der Waals surface area contributed by atoms with Crippen LogP contribution in [0.15, 0.2) is 54.2 Å². The first-order chi connectivity index (χ1) is 14.4. The number of benzene rings is 1. The fourth-order valence-corrected chi connectivity index (χ4v) is 2.47. The average molecular weight is 565 g/mol. The molecular weight excluding hydrogens is 497 g/mol. The summed E-state index contributed by atoms with van der Waals surface area (Å²) in [6, 6.07) is 6.56. The molecule has 1 atom stereocenters. The van der Waals surface area contributed by atoms with Crippen LogP contribution in [0, 0.1) is 54.4 Å². The van der Waals surface area contributed by atoms with Gasteiger partial charge in [-0.1, -0.05) is 146 Å². The second-order valence-corrected chi connectivity index (χ2v) is 8.68. The molecule has 0 aliphatic carbocycles. The van der Waals surface area contributed by atoms with Crippen molar-refractivity contribution in [3.05, 3.63) is 93.1 Å². The molecule has 1 rings (SSSR count). The van der Waals surface area contributed by atoms with Crippen molar-refractivity contribution in [2.75, 3.05) is 0 Å². The van der Waals surface area contributed by atoms with Crippen LogP contribution in [-0.4, -0.2) is 0 Å². The molecule has 35 heavy (non-hydrogen) atoms. The first-order valence-electron chi connectivity index (χ1n) is 12.4. The zero-order valence-electron chi connectivity index (χ0n) is 27.7. The van der Waals surface area contributed by atoms with Crippen LogP contribution >= 0.6 is 0 Å². The van der Waals surface area contributed by atoms with E-state index >= 15 is 0 Å². The van der Waals surface area contributed by atoms with E-state index in [1.807, 2.05) is 40.7 Å². The molecule has 0 saturated heterocycles. The van der Waals surface area contributed by atoms with Crippen molar-refractivity contribution < 1.29 is 32.7 Å². The van der Waals surface area contributed by atoms with Crippen molar-refractivity contribution in [1.82, 2.24) is 0 Å². The van der Waals surface area contributed by atoms with Gasteiger partial charge in [0.2, 0.25) is 0 Å². The molecule has 0 N–H and O–H groups in total. The van der Waals surface area contributed by atoms with E-state index in [9.17, 15) is 0 Å². The fourth-order valence-electron chi connectivity index (χ4n) is 2.47. The number of hydrogen-bond donors (Lipinski definition) is 0. The van der Waals surface area contributed by atoms with Crippen LogP contribution < -0.4 is 0 Å². The van der Waals surface area contributed by atoms with Gasteiger partial charge in [0.1, 0.15) is 0 Å². The molecule has 0 amide bonds. The Morgan fingerprint density at radius 3 is 1.29 bits per heavy atom. The summed E-state index contributed by atoms with van der Waals surface area (Å²) < 4.78 is 0. The minimum atomic E-state index is 0. The largest absolute Gasteiger partial charge is 3.00 e. The number of hydrogen-bond acceptors (Lipinski definition) is 0. The van der Waals surface area contributed by atoms with E-state index in [1.54, 1.807) is 0 Å². The van der Waals surface area contributed by atoms with Crippen LogP contribution in [0.1, 0.15) is 113 Å². The van der Waals surface area contributed by atoms with Crippen LogP contribution in [0.5, 0.6) is 0 Å². The van der Waals surface area contributed by atoms with Gasteiger partial charge in [0.05, 0.1) is 0 Å². The SMILES string of the molecule is C=C/C(C)=C\C=C(C)C.CC.CC.CCC(C)C(C)(C)CC.Cc1cc(C)cc(C)c1.[CH3-].[CH3-].[CH3-].[Y+3]. The van der Waals surface area contributed by atoms with Gasteiger partial charge in [0.25, 0.3) is 0 Å². The summed E-state index contributed by atoms with van der Waals surface area (Å²) in [5.74, 6) is 0.863. The van der Waals surface area contributed by atoms with Crippen molar-refractivity contribution in [2.45, 2.75) is 117 Å². The molecule has 0 aromatic heterocycles. The molecule has 0 saturated carbocycles. The summed E-state index contributed by atoms with van der Waals surface area (Å²) in [4.78, 5) is 0. The Morgan fingerprint density at radius 2 is 1.11 bits per heavy atom. The van der Waals surface area contributed by atoms with E-state index in [0.29, 0.717) is 5.41 Å². The maximum Gasteiger partial charge on any atom is 3.00 e. The predicted octanol–water partition coefficient (Wildman–Crippen LogP) is 12.6. The first kappa shape index (κ1) is 55.2. The third kappa shape index (κ3) is 38.2. The minimum Gasteiger partial charge on any atom is -0.358 e. The van der Waals surface area contributed by atoms with E-state index in [4.69, 9.17) is 0 Å². The van der Waals surface area contributed by atoms with Crippen molar-refractivity contribution in [2.24, 2.45) is 11.3 Å². The standard InChI is InChI=1S/C9H12.C9H20.C9H14.2C2H6.3CH3.Y/c1-7-4-8(2)6-9(3)5-7;1-6-8(3)9(4,5)7-2;1-5-9(4)7-6-8(2)3;2*1-2;;;;/h4-6H,1-3H3;8H,6-7H2,1-5H3;5-7H,1H2,2-4H3;2*1-2H3;3*1H3;/q;;;;;3*-1;+3/b;;9-7-;;;;;;. The van der Waals surface area contributed by atoms with Gasteiger partial charge >= 0.3 is 32.7 Å². The van der Waals surface area contributed by atoms with Gasteiger partial charge in [0.15, 0.2) is 0 Å². The zero-order valence-corrected chi connectivity index (χ0v) is 30.6. The van der Waals surface area contributed by atoms with E-state index in [2.05, 4.69) is 106 Å². The van der Waals surface area contributed by atoms with Gasteiger partial charge in [-0.05, 0) is 52.9 Å². The fraction of sp³-hybridized carbons (Fsp3) is 0.559. The summed E-state index contributed by atoms with van der Waals surface area (Å²) in [7, 11) is 0. The van der Waals surface area contributed by atoms with E-state index in [0.717, 1.165) is 5.92 Å². The predicted molar refractivity (Wildman–Crippen MR) is 170 cm³/mol. The summed E-state index contributed by atoms with van der Waals surface area (Å²) in [5, 5.41) is 0. The second kappa shape index (κ2) is 35.7. The summed E-state index contributed by atoms with van der Waals surface area (Å²) in [6.45, 7) is 35.8. The third-order valence-corrected chi connectivity index (χ3v) is 5.23. The quantitative estimate of drug-likeness (QED) is 0.246. The molecule has 1 unspecified atom stereocenters. The molecule has 0 bridgehead atoms. The van der Waals surface area contributed by atoms with Gasteiger partial charge in [-0.3, -0.25) is 0 Å². The third-order valence-electron chi connectivity index (χ3n) is 5.23.